The summed E-state index contributed by atoms with van der Waals surface area (Å²) in [6.07, 6.45) is 3.66. The van der Waals surface area contributed by atoms with Crippen LogP contribution >= 0.6 is 11.3 Å². The summed E-state index contributed by atoms with van der Waals surface area (Å²) in [6, 6.07) is 14.2. The van der Waals surface area contributed by atoms with Crippen LogP contribution in [-0.2, 0) is 22.4 Å². The number of nitriles is 1. The number of esters is 1. The molecule has 0 radical (unpaired) electrons. The highest BCUT2D eigenvalue weighted by molar-refractivity contribution is 7.18. The molecule has 0 N–H and O–H groups in total. The lowest BCUT2D eigenvalue weighted by molar-refractivity contribution is -0.141. The van der Waals surface area contributed by atoms with Crippen molar-refractivity contribution in [1.29, 1.82) is 5.26 Å². The Morgan fingerprint density at radius 2 is 2.06 bits per heavy atom. The number of carbonyl (C=O) groups is 1. The molecular weight excluding hydrogens is 446 g/mol. The van der Waals surface area contributed by atoms with Gasteiger partial charge in [0.1, 0.15) is 16.8 Å². The zero-order valence-electron chi connectivity index (χ0n) is 20.4. The smallest absolute Gasteiger partial charge is 0.319 e. The maximum Gasteiger partial charge on any atom is 0.319 e. The molecule has 34 heavy (non-hydrogen) atoms. The summed E-state index contributed by atoms with van der Waals surface area (Å²) in [5.74, 6) is 0.365. The van der Waals surface area contributed by atoms with E-state index in [1.165, 1.54) is 23.8 Å². The van der Waals surface area contributed by atoms with Gasteiger partial charge in [0.25, 0.3) is 0 Å². The number of ether oxygens (including phenoxy) is 2. The second-order valence-electron chi connectivity index (χ2n) is 8.38. The molecule has 0 bridgehead atoms. The topological polar surface area (TPSA) is 75.5 Å². The van der Waals surface area contributed by atoms with Crippen molar-refractivity contribution in [3.8, 4) is 32.8 Å². The number of likely N-dealkylation sites (N-methyl/N-ethyl adjacent to an activating group) is 1. The number of aromatic nitrogens is 1. The summed E-state index contributed by atoms with van der Waals surface area (Å²) in [7, 11) is 3.34. The first-order chi connectivity index (χ1) is 16.4. The highest BCUT2D eigenvalue weighted by atomic mass is 32.1. The maximum atomic E-state index is 11.5. The minimum Gasteiger partial charge on any atom is -0.490 e. The number of rotatable bonds is 10. The van der Waals surface area contributed by atoms with Crippen LogP contribution < -0.4 is 4.74 Å². The Morgan fingerprint density at radius 1 is 1.26 bits per heavy atom. The normalized spacial score (nSPS) is 11.0. The molecule has 3 aromatic rings. The Morgan fingerprint density at radius 3 is 2.74 bits per heavy atom. The molecule has 0 amide bonds. The molecule has 0 fully saturated rings. The van der Waals surface area contributed by atoms with Crippen LogP contribution in [0.25, 0.3) is 21.0 Å². The van der Waals surface area contributed by atoms with E-state index in [9.17, 15) is 10.1 Å². The van der Waals surface area contributed by atoms with Crippen LogP contribution in [0, 0.1) is 11.3 Å². The van der Waals surface area contributed by atoms with Crippen LogP contribution in [0.15, 0.2) is 42.6 Å². The fraction of sp³-hybridized carbons (Fsp3) is 0.370. The number of methoxy groups -OCH3 is 1. The molecule has 0 saturated carbocycles. The molecule has 0 atom stereocenters. The van der Waals surface area contributed by atoms with E-state index in [-0.39, 0.29) is 18.6 Å². The van der Waals surface area contributed by atoms with Crippen molar-refractivity contribution in [3.63, 3.8) is 0 Å². The van der Waals surface area contributed by atoms with Gasteiger partial charge >= 0.3 is 5.97 Å². The van der Waals surface area contributed by atoms with Gasteiger partial charge in [-0.15, -0.1) is 11.3 Å². The first kappa shape index (κ1) is 25.4. The molecule has 178 valence electrons. The fourth-order valence-corrected chi connectivity index (χ4v) is 4.80. The predicted molar refractivity (Wildman–Crippen MR) is 136 cm³/mol. The largest absolute Gasteiger partial charge is 0.490 e. The zero-order chi connectivity index (χ0) is 24.7. The average molecular weight is 478 g/mol. The first-order valence-electron chi connectivity index (χ1n) is 11.4. The highest BCUT2D eigenvalue weighted by Gasteiger charge is 2.15. The van der Waals surface area contributed by atoms with Gasteiger partial charge in [-0.25, -0.2) is 4.98 Å². The van der Waals surface area contributed by atoms with Crippen molar-refractivity contribution in [1.82, 2.24) is 9.88 Å². The summed E-state index contributed by atoms with van der Waals surface area (Å²) in [4.78, 5) is 19.3. The Balaban J connectivity index is 1.84. The number of nitrogens with zero attached hydrogens (tertiary/aromatic N) is 3. The Labute approximate surface area is 205 Å². The molecule has 0 aliphatic carbocycles. The monoisotopic (exact) mass is 477 g/mol. The molecule has 0 unspecified atom stereocenters. The minimum absolute atomic E-state index is 0.00408. The molecule has 7 heteroatoms. The molecular formula is C27H31N3O3S. The lowest BCUT2D eigenvalue weighted by Gasteiger charge is -2.17. The van der Waals surface area contributed by atoms with E-state index < -0.39 is 0 Å². The third kappa shape index (κ3) is 6.22. The van der Waals surface area contributed by atoms with Crippen LogP contribution in [0.1, 0.15) is 37.5 Å². The Hall–Kier alpha value is -3.21. The highest BCUT2D eigenvalue weighted by Crippen LogP contribution is 2.36. The number of carbonyl (C=O) groups excluding carboxylic acids is 1. The number of thiazole rings is 1. The van der Waals surface area contributed by atoms with Gasteiger partial charge in [0.05, 0.1) is 30.2 Å². The molecule has 0 aliphatic heterocycles. The second kappa shape index (κ2) is 11.8. The van der Waals surface area contributed by atoms with Gasteiger partial charge in [-0.2, -0.15) is 5.26 Å². The van der Waals surface area contributed by atoms with Crippen molar-refractivity contribution < 1.29 is 14.3 Å². The van der Waals surface area contributed by atoms with Gasteiger partial charge in [0.2, 0.25) is 0 Å². The van der Waals surface area contributed by atoms with Gasteiger partial charge in [-0.05, 0) is 68.6 Å². The van der Waals surface area contributed by atoms with Crippen LogP contribution in [0.4, 0.5) is 0 Å². The van der Waals surface area contributed by atoms with Gasteiger partial charge < -0.3 is 9.47 Å². The van der Waals surface area contributed by atoms with Crippen molar-refractivity contribution in [3.05, 3.63) is 59.3 Å². The molecule has 2 aromatic carbocycles. The standard InChI is InChI=1S/C27H31N3O3S/c1-6-22-19(12-13-30(4)17-26(31)32-5)8-7-9-23(22)25-16-29-27(34-25)20-10-11-24(33-18(2)3)21(14-20)15-28/h7-11,14,16,18H,6,12-13,17H2,1-5H3. The van der Waals surface area contributed by atoms with Crippen molar-refractivity contribution in [2.45, 2.75) is 39.7 Å². The number of hydrogen-bond donors (Lipinski definition) is 0. The van der Waals surface area contributed by atoms with Crippen molar-refractivity contribution in [2.24, 2.45) is 0 Å². The summed E-state index contributed by atoms with van der Waals surface area (Å²) in [5, 5.41) is 10.4. The molecule has 6 nitrogen and oxygen atoms in total. The van der Waals surface area contributed by atoms with Gasteiger partial charge in [0, 0.05) is 18.3 Å². The molecule has 1 aromatic heterocycles. The summed E-state index contributed by atoms with van der Waals surface area (Å²) in [5.41, 5.74) is 5.16. The quantitative estimate of drug-likeness (QED) is 0.367. The molecule has 0 spiro atoms. The van der Waals surface area contributed by atoms with Gasteiger partial charge in [-0.1, -0.05) is 25.1 Å². The molecule has 3 rings (SSSR count). The fourth-order valence-electron chi connectivity index (χ4n) is 3.83. The maximum absolute atomic E-state index is 11.5. The molecule has 0 saturated heterocycles. The lowest BCUT2D eigenvalue weighted by Crippen LogP contribution is -2.28. The number of hydrogen-bond acceptors (Lipinski definition) is 7. The SMILES string of the molecule is CCc1c(CCN(C)CC(=O)OC)cccc1-c1cnc(-c2ccc(OC(C)C)c(C#N)c2)s1. The third-order valence-corrected chi connectivity index (χ3v) is 6.58. The van der Waals surface area contributed by atoms with Gasteiger partial charge in [0.15, 0.2) is 0 Å². The van der Waals surface area contributed by atoms with Crippen LogP contribution in [0.3, 0.4) is 0 Å². The zero-order valence-corrected chi connectivity index (χ0v) is 21.2. The van der Waals surface area contributed by atoms with E-state index >= 15 is 0 Å². The van der Waals surface area contributed by atoms with Crippen molar-refractivity contribution in [2.75, 3.05) is 27.2 Å². The Kier molecular flexibility index (Phi) is 8.80. The van der Waals surface area contributed by atoms with Crippen LogP contribution in [0.2, 0.25) is 0 Å². The van der Waals surface area contributed by atoms with Crippen molar-refractivity contribution >= 4 is 17.3 Å². The molecule has 0 aliphatic rings. The first-order valence-corrected chi connectivity index (χ1v) is 12.2. The van der Waals surface area contributed by atoms with E-state index in [0.29, 0.717) is 11.3 Å². The van der Waals surface area contributed by atoms with Gasteiger partial charge in [-0.3, -0.25) is 9.69 Å². The minimum atomic E-state index is -0.229. The number of benzene rings is 2. The van der Waals surface area contributed by atoms with E-state index in [1.807, 2.05) is 50.2 Å². The van der Waals surface area contributed by atoms with Crippen LogP contribution in [0.5, 0.6) is 5.75 Å². The Bertz CT molecular complexity index is 1180. The lowest BCUT2D eigenvalue weighted by atomic mass is 9.96. The van der Waals surface area contributed by atoms with Crippen LogP contribution in [-0.4, -0.2) is 49.2 Å². The predicted octanol–water partition coefficient (Wildman–Crippen LogP) is 5.35. The summed E-state index contributed by atoms with van der Waals surface area (Å²) < 4.78 is 10.5. The molecule has 1 heterocycles. The van der Waals surface area contributed by atoms with E-state index in [0.717, 1.165) is 34.8 Å². The summed E-state index contributed by atoms with van der Waals surface area (Å²) in [6.45, 7) is 7.09. The average Bonchev–Trinajstić information content (AvgIpc) is 3.32. The van der Waals surface area contributed by atoms with E-state index in [1.54, 1.807) is 11.3 Å². The third-order valence-electron chi connectivity index (χ3n) is 5.50. The van der Waals surface area contributed by atoms with E-state index in [4.69, 9.17) is 9.47 Å². The van der Waals surface area contributed by atoms with E-state index in [2.05, 4.69) is 36.2 Å². The summed E-state index contributed by atoms with van der Waals surface area (Å²) >= 11 is 1.62. The second-order valence-corrected chi connectivity index (χ2v) is 9.41.